The molecule has 0 aliphatic heterocycles. The first-order chi connectivity index (χ1) is 26.7. The Morgan fingerprint density at radius 1 is 0.400 bits per heavy atom. The van der Waals surface area contributed by atoms with Gasteiger partial charge >= 0.3 is 0 Å². The van der Waals surface area contributed by atoms with Crippen molar-refractivity contribution in [3.63, 3.8) is 0 Å². The number of phenolic OH excluding ortho intramolecular Hbond substituents is 1. The Morgan fingerprint density at radius 2 is 0.745 bits per heavy atom. The van der Waals surface area contributed by atoms with E-state index in [1.165, 1.54) is 5.56 Å². The summed E-state index contributed by atoms with van der Waals surface area (Å²) in [5.74, 6) is 1.98. The summed E-state index contributed by atoms with van der Waals surface area (Å²) in [6.45, 7) is 8.05. The van der Waals surface area contributed by atoms with Crippen molar-refractivity contribution in [1.29, 1.82) is 0 Å². The van der Waals surface area contributed by atoms with E-state index in [4.69, 9.17) is 4.74 Å². The molecule has 0 amide bonds. The zero-order chi connectivity index (χ0) is 38.6. The Bertz CT molecular complexity index is 2290. The first kappa shape index (κ1) is 38.3. The van der Waals surface area contributed by atoms with Crippen LogP contribution in [0.15, 0.2) is 175 Å². The molecule has 4 heterocycles. The van der Waals surface area contributed by atoms with Crippen LogP contribution in [0.25, 0.3) is 45.0 Å². The van der Waals surface area contributed by atoms with Crippen molar-refractivity contribution in [3.05, 3.63) is 197 Å². The highest BCUT2D eigenvalue weighted by Crippen LogP contribution is 2.34. The zero-order valence-electron chi connectivity index (χ0n) is 31.2. The second-order valence-corrected chi connectivity index (χ2v) is 13.7. The quantitative estimate of drug-likeness (QED) is 0.181. The third-order valence-electron chi connectivity index (χ3n) is 8.82. The summed E-state index contributed by atoms with van der Waals surface area (Å²) < 4.78 is 7.43. The van der Waals surface area contributed by atoms with Gasteiger partial charge in [-0.25, -0.2) is 0 Å². The normalized spacial score (nSPS) is 10.3. The number of ether oxygens (including phenoxy) is 1. The summed E-state index contributed by atoms with van der Waals surface area (Å²) in [5.41, 5.74) is 12.2. The molecule has 6 nitrogen and oxygen atoms in total. The van der Waals surface area contributed by atoms with Gasteiger partial charge in [-0.05, 0) is 123 Å². The van der Waals surface area contributed by atoms with Crippen LogP contribution in [0.3, 0.4) is 0 Å². The van der Waals surface area contributed by atoms with Gasteiger partial charge in [-0.15, -0.1) is 0 Å². The molecule has 0 fully saturated rings. The monoisotopic (exact) mass is 784 g/mol. The molecule has 1 N–H and O–H groups in total. The molecular weight excluding hydrogens is 744 g/mol. The average molecular weight is 786 g/mol. The molecule has 55 heavy (non-hydrogen) atoms. The van der Waals surface area contributed by atoms with Gasteiger partial charge < -0.3 is 9.84 Å². The van der Waals surface area contributed by atoms with E-state index < -0.39 is 0 Å². The van der Waals surface area contributed by atoms with Gasteiger partial charge in [0, 0.05) is 51.5 Å². The van der Waals surface area contributed by atoms with E-state index in [1.807, 2.05) is 110 Å². The van der Waals surface area contributed by atoms with Crippen molar-refractivity contribution >= 4 is 15.9 Å². The first-order valence-electron chi connectivity index (χ1n) is 17.9. The minimum absolute atomic E-state index is 0.313. The van der Waals surface area contributed by atoms with Crippen molar-refractivity contribution in [1.82, 2.24) is 19.9 Å². The Morgan fingerprint density at radius 3 is 1.09 bits per heavy atom. The smallest absolute Gasteiger partial charge is 0.131 e. The number of aryl methyl sites for hydroxylation is 4. The fraction of sp³-hybridized carbons (Fsp3) is 0.0833. The van der Waals surface area contributed by atoms with Crippen LogP contribution in [0.2, 0.25) is 0 Å². The molecule has 0 saturated carbocycles. The van der Waals surface area contributed by atoms with Gasteiger partial charge in [0.2, 0.25) is 0 Å². The first-order valence-corrected chi connectivity index (χ1v) is 18.6. The van der Waals surface area contributed by atoms with Gasteiger partial charge in [0.1, 0.15) is 17.2 Å². The van der Waals surface area contributed by atoms with Gasteiger partial charge in [-0.3, -0.25) is 19.9 Å². The summed E-state index contributed by atoms with van der Waals surface area (Å²) >= 11 is 3.52. The van der Waals surface area contributed by atoms with Crippen LogP contribution >= 0.6 is 15.9 Å². The molecule has 8 aromatic rings. The molecule has 0 bridgehead atoms. The molecule has 0 aliphatic carbocycles. The lowest BCUT2D eigenvalue weighted by molar-refractivity contribution is 0.471. The van der Waals surface area contributed by atoms with Crippen molar-refractivity contribution in [2.24, 2.45) is 0 Å². The lowest BCUT2D eigenvalue weighted by Gasteiger charge is -2.14. The van der Waals surface area contributed by atoms with Gasteiger partial charge in [-0.1, -0.05) is 88.7 Å². The fourth-order valence-electron chi connectivity index (χ4n) is 5.51. The molecule has 8 rings (SSSR count). The Kier molecular flexibility index (Phi) is 12.9. The number of pyridine rings is 4. The number of phenols is 1. The predicted octanol–water partition coefficient (Wildman–Crippen LogP) is 12.8. The largest absolute Gasteiger partial charge is 0.508 e. The van der Waals surface area contributed by atoms with Crippen LogP contribution in [-0.2, 0) is 0 Å². The van der Waals surface area contributed by atoms with E-state index in [-0.39, 0.29) is 0 Å². The lowest BCUT2D eigenvalue weighted by Crippen LogP contribution is -1.93. The summed E-state index contributed by atoms with van der Waals surface area (Å²) in [6.07, 6.45) is 7.15. The van der Waals surface area contributed by atoms with Crippen LogP contribution in [0.1, 0.15) is 22.3 Å². The molecule has 7 heteroatoms. The summed E-state index contributed by atoms with van der Waals surface area (Å²) in [5, 5.41) is 9.53. The van der Waals surface area contributed by atoms with E-state index in [2.05, 4.69) is 99.1 Å². The minimum Gasteiger partial charge on any atom is -0.508 e. The number of aromatic hydroxyl groups is 1. The van der Waals surface area contributed by atoms with Crippen molar-refractivity contribution < 1.29 is 9.84 Å². The van der Waals surface area contributed by atoms with Gasteiger partial charge in [0.05, 0.1) is 22.8 Å². The predicted molar refractivity (Wildman–Crippen MR) is 227 cm³/mol. The summed E-state index contributed by atoms with van der Waals surface area (Å²) in [7, 11) is 0. The highest BCUT2D eigenvalue weighted by Gasteiger charge is 2.10. The Balaban J connectivity index is 0.000000155. The van der Waals surface area contributed by atoms with E-state index >= 15 is 0 Å². The highest BCUT2D eigenvalue weighted by molar-refractivity contribution is 9.10. The number of halogens is 1. The second kappa shape index (κ2) is 18.5. The number of benzene rings is 4. The van der Waals surface area contributed by atoms with Crippen molar-refractivity contribution in [2.45, 2.75) is 27.7 Å². The Hall–Kier alpha value is -6.44. The van der Waals surface area contributed by atoms with Crippen LogP contribution in [-0.4, -0.2) is 25.0 Å². The van der Waals surface area contributed by atoms with Crippen molar-refractivity contribution in [2.75, 3.05) is 0 Å². The van der Waals surface area contributed by atoms with E-state index in [0.29, 0.717) is 5.75 Å². The summed E-state index contributed by atoms with van der Waals surface area (Å²) in [4.78, 5) is 17.4. The maximum absolute atomic E-state index is 9.53. The molecular formula is C48H41BrN4O2. The van der Waals surface area contributed by atoms with E-state index in [1.54, 1.807) is 24.7 Å². The molecule has 0 unspecified atom stereocenters. The molecule has 272 valence electrons. The molecule has 0 aliphatic rings. The maximum atomic E-state index is 9.53. The number of hydrogen-bond acceptors (Lipinski definition) is 6. The SMILES string of the molecule is Cc1ccc(-c2ccccn2)cc1Br.Cc1ccc(-c2ccccn2)cc1O.Cc1ccc(-c2ccccn2)cc1Oc1cc(-c2ccccn2)ccc1C. The number of nitrogens with zero attached hydrogens (tertiary/aromatic N) is 4. The molecule has 0 saturated heterocycles. The number of rotatable bonds is 6. The number of aromatic nitrogens is 4. The van der Waals surface area contributed by atoms with Crippen LogP contribution in [0, 0.1) is 27.7 Å². The average Bonchev–Trinajstić information content (AvgIpc) is 3.23. The van der Waals surface area contributed by atoms with Gasteiger partial charge in [0.25, 0.3) is 0 Å². The second-order valence-electron chi connectivity index (χ2n) is 12.9. The zero-order valence-corrected chi connectivity index (χ0v) is 32.8. The van der Waals surface area contributed by atoms with Crippen LogP contribution in [0.4, 0.5) is 0 Å². The van der Waals surface area contributed by atoms with Crippen LogP contribution < -0.4 is 4.74 Å². The summed E-state index contributed by atoms with van der Waals surface area (Å²) in [6, 6.07) is 47.7. The molecule has 0 spiro atoms. The topological polar surface area (TPSA) is 81.0 Å². The molecule has 4 aromatic heterocycles. The van der Waals surface area contributed by atoms with Gasteiger partial charge in [0.15, 0.2) is 0 Å². The highest BCUT2D eigenvalue weighted by atomic mass is 79.9. The third kappa shape index (κ3) is 10.4. The van der Waals surface area contributed by atoms with E-state index in [0.717, 1.165) is 77.7 Å². The minimum atomic E-state index is 0.313. The number of hydrogen-bond donors (Lipinski definition) is 1. The fourth-order valence-corrected chi connectivity index (χ4v) is 5.89. The maximum Gasteiger partial charge on any atom is 0.131 e. The lowest BCUT2D eigenvalue weighted by atomic mass is 10.1. The molecule has 4 aromatic carbocycles. The molecule has 0 atom stereocenters. The third-order valence-corrected chi connectivity index (χ3v) is 9.67. The van der Waals surface area contributed by atoms with Crippen LogP contribution in [0.5, 0.6) is 17.2 Å². The van der Waals surface area contributed by atoms with Crippen molar-refractivity contribution in [3.8, 4) is 62.3 Å². The Labute approximate surface area is 331 Å². The molecule has 0 radical (unpaired) electrons. The van der Waals surface area contributed by atoms with E-state index in [9.17, 15) is 5.11 Å². The standard InChI is InChI=1S/C24H20N2O.C12H10BrN.C12H11NO/c1-17-9-11-19(21-7-3-5-13-25-21)15-23(17)27-24-16-20(12-10-18(24)2)22-8-4-6-14-26-22;1-9-5-6-10(8-11(9)13)12-4-2-3-7-14-12;1-9-5-6-10(8-12(9)14)11-4-2-3-7-13-11/h3-16H,1-2H3;2-8H,1H3;2-8,14H,1H3. The van der Waals surface area contributed by atoms with Gasteiger partial charge in [-0.2, -0.15) is 0 Å².